The Morgan fingerprint density at radius 2 is 1.94 bits per heavy atom. The summed E-state index contributed by atoms with van der Waals surface area (Å²) in [5.41, 5.74) is 13.3. The first-order chi connectivity index (χ1) is 8.45. The second-order valence-corrected chi connectivity index (χ2v) is 3.78. The zero-order valence-electron chi connectivity index (χ0n) is 10.2. The molecule has 0 bridgehead atoms. The molecule has 0 spiro atoms. The van der Waals surface area contributed by atoms with Crippen molar-refractivity contribution in [3.63, 3.8) is 0 Å². The van der Waals surface area contributed by atoms with Gasteiger partial charge in [-0.25, -0.2) is 0 Å². The third-order valence-corrected chi connectivity index (χ3v) is 2.36. The number of nitrogen functional groups attached to an aromatic ring is 1. The number of anilines is 2. The fourth-order valence-electron chi connectivity index (χ4n) is 1.50. The number of nitrogens with one attached hydrogen (secondary N) is 2. The van der Waals surface area contributed by atoms with Crippen LogP contribution >= 0.6 is 0 Å². The topological polar surface area (TPSA) is 105 Å². The van der Waals surface area contributed by atoms with Crippen molar-refractivity contribution < 1.29 is 4.79 Å². The summed E-state index contributed by atoms with van der Waals surface area (Å²) in [5, 5.41) is 10.1. The van der Waals surface area contributed by atoms with Gasteiger partial charge < -0.3 is 22.2 Å². The number of carbonyl (C=O) groups excluding carboxylic acids is 1. The lowest BCUT2D eigenvalue weighted by Crippen LogP contribution is -2.19. The summed E-state index contributed by atoms with van der Waals surface area (Å²) in [5.74, 6) is -0.621. The molecule has 0 aromatic heterocycles. The third-order valence-electron chi connectivity index (χ3n) is 2.36. The molecule has 0 aliphatic rings. The van der Waals surface area contributed by atoms with Gasteiger partial charge in [-0.2, -0.15) is 0 Å². The van der Waals surface area contributed by atoms with Gasteiger partial charge in [0.15, 0.2) is 0 Å². The maximum Gasteiger partial charge on any atom is 0.251 e. The van der Waals surface area contributed by atoms with E-state index in [0.29, 0.717) is 11.4 Å². The molecule has 0 aliphatic heterocycles. The van der Waals surface area contributed by atoms with Crippen LogP contribution in [0, 0.1) is 5.41 Å². The third kappa shape index (κ3) is 3.21. The molecule has 0 fully saturated rings. The minimum Gasteiger partial charge on any atom is -0.399 e. The van der Waals surface area contributed by atoms with Crippen molar-refractivity contribution in [2.24, 2.45) is 5.73 Å². The van der Waals surface area contributed by atoms with Gasteiger partial charge in [0.25, 0.3) is 5.91 Å². The van der Waals surface area contributed by atoms with Crippen LogP contribution in [0.1, 0.15) is 6.92 Å². The van der Waals surface area contributed by atoms with Crippen LogP contribution in [0.15, 0.2) is 47.7 Å². The number of hydrogen-bond acceptors (Lipinski definition) is 4. The van der Waals surface area contributed by atoms with Gasteiger partial charge in [-0.05, 0) is 36.8 Å². The molecular formula is C13H16N4O. The van der Waals surface area contributed by atoms with E-state index in [4.69, 9.17) is 16.9 Å². The van der Waals surface area contributed by atoms with Crippen LogP contribution in [0.2, 0.25) is 0 Å². The van der Waals surface area contributed by atoms with Crippen molar-refractivity contribution in [1.29, 1.82) is 5.41 Å². The van der Waals surface area contributed by atoms with Gasteiger partial charge in [-0.15, -0.1) is 0 Å². The SMILES string of the molecule is C=C(C=N)/C(C(N)=O)=C(\C)Nc1ccc(N)cc1. The number of nitrogens with two attached hydrogens (primary N) is 2. The van der Waals surface area contributed by atoms with E-state index in [1.165, 1.54) is 0 Å². The molecule has 1 aromatic carbocycles. The fourth-order valence-corrected chi connectivity index (χ4v) is 1.50. The molecule has 1 amide bonds. The number of primary amides is 1. The van der Waals surface area contributed by atoms with Crippen LogP contribution in [0.3, 0.4) is 0 Å². The maximum absolute atomic E-state index is 11.3. The summed E-state index contributed by atoms with van der Waals surface area (Å²) in [4.78, 5) is 11.3. The first-order valence-corrected chi connectivity index (χ1v) is 5.28. The number of carbonyl (C=O) groups is 1. The van der Waals surface area contributed by atoms with Crippen molar-refractivity contribution in [1.82, 2.24) is 0 Å². The normalized spacial score (nSPS) is 11.4. The number of allylic oxidation sites excluding steroid dienone is 1. The average Bonchev–Trinajstić information content (AvgIpc) is 2.31. The molecule has 5 heteroatoms. The molecule has 94 valence electrons. The Kier molecular flexibility index (Phi) is 4.26. The van der Waals surface area contributed by atoms with E-state index in [1.54, 1.807) is 31.2 Å². The second-order valence-electron chi connectivity index (χ2n) is 3.78. The molecule has 1 aromatic rings. The molecule has 0 heterocycles. The first-order valence-electron chi connectivity index (χ1n) is 5.28. The zero-order valence-corrected chi connectivity index (χ0v) is 10.2. The van der Waals surface area contributed by atoms with Gasteiger partial charge in [0, 0.05) is 23.3 Å². The fraction of sp³-hybridized carbons (Fsp3) is 0.0769. The number of hydrogen-bond donors (Lipinski definition) is 4. The van der Waals surface area contributed by atoms with Crippen LogP contribution in [0.4, 0.5) is 11.4 Å². The van der Waals surface area contributed by atoms with Crippen molar-refractivity contribution in [3.8, 4) is 0 Å². The van der Waals surface area contributed by atoms with E-state index in [-0.39, 0.29) is 11.1 Å². The summed E-state index contributed by atoms with van der Waals surface area (Å²) in [7, 11) is 0. The molecule has 0 unspecified atom stereocenters. The van der Waals surface area contributed by atoms with Crippen molar-refractivity contribution in [2.45, 2.75) is 6.92 Å². The van der Waals surface area contributed by atoms with Crippen LogP contribution in [-0.4, -0.2) is 12.1 Å². The molecule has 0 radical (unpaired) electrons. The van der Waals surface area contributed by atoms with Gasteiger partial charge >= 0.3 is 0 Å². The van der Waals surface area contributed by atoms with E-state index in [0.717, 1.165) is 11.9 Å². The van der Waals surface area contributed by atoms with E-state index in [9.17, 15) is 4.79 Å². The smallest absolute Gasteiger partial charge is 0.251 e. The molecule has 18 heavy (non-hydrogen) atoms. The minimum absolute atomic E-state index is 0.210. The first kappa shape index (κ1) is 13.5. The Bertz CT molecular complexity index is 514. The Hall–Kier alpha value is -2.56. The van der Waals surface area contributed by atoms with Gasteiger partial charge in [-0.1, -0.05) is 6.58 Å². The summed E-state index contributed by atoms with van der Waals surface area (Å²) in [6.07, 6.45) is 0.994. The van der Waals surface area contributed by atoms with Crippen LogP contribution in [0.5, 0.6) is 0 Å². The molecule has 5 nitrogen and oxygen atoms in total. The Morgan fingerprint density at radius 1 is 1.39 bits per heavy atom. The predicted molar refractivity (Wildman–Crippen MR) is 74.3 cm³/mol. The lowest BCUT2D eigenvalue weighted by molar-refractivity contribution is -0.114. The standard InChI is InChI=1S/C13H16N4O/c1-8(7-14)12(13(16)18)9(2)17-11-5-3-10(15)4-6-11/h3-7,14,17H,1,15H2,2H3,(H2,16,18)/b12-9-,14-7?. The highest BCUT2D eigenvalue weighted by atomic mass is 16.1. The van der Waals surface area contributed by atoms with Gasteiger partial charge in [0.2, 0.25) is 0 Å². The number of benzene rings is 1. The Balaban J connectivity index is 3.05. The molecule has 6 N–H and O–H groups in total. The van der Waals surface area contributed by atoms with Crippen LogP contribution < -0.4 is 16.8 Å². The molecule has 0 atom stereocenters. The minimum atomic E-state index is -0.621. The summed E-state index contributed by atoms with van der Waals surface area (Å²) >= 11 is 0. The maximum atomic E-state index is 11.3. The van der Waals surface area contributed by atoms with E-state index >= 15 is 0 Å². The lowest BCUT2D eigenvalue weighted by atomic mass is 10.1. The van der Waals surface area contributed by atoms with Crippen molar-refractivity contribution in [2.75, 3.05) is 11.1 Å². The predicted octanol–water partition coefficient (Wildman–Crippen LogP) is 1.65. The number of rotatable bonds is 5. The molecule has 0 saturated heterocycles. The molecular weight excluding hydrogens is 228 g/mol. The quantitative estimate of drug-likeness (QED) is 0.274. The summed E-state index contributed by atoms with van der Waals surface area (Å²) < 4.78 is 0. The highest BCUT2D eigenvalue weighted by molar-refractivity contribution is 6.05. The largest absolute Gasteiger partial charge is 0.399 e. The van der Waals surface area contributed by atoms with Gasteiger partial charge in [-0.3, -0.25) is 4.79 Å². The zero-order chi connectivity index (χ0) is 13.7. The van der Waals surface area contributed by atoms with E-state index in [2.05, 4.69) is 11.9 Å². The highest BCUT2D eigenvalue weighted by Gasteiger charge is 2.12. The molecule has 0 saturated carbocycles. The second kappa shape index (κ2) is 5.67. The van der Waals surface area contributed by atoms with Crippen LogP contribution in [-0.2, 0) is 4.79 Å². The summed E-state index contributed by atoms with van der Waals surface area (Å²) in [6, 6.07) is 7.05. The number of amides is 1. The molecule has 1 rings (SSSR count). The molecule has 0 aliphatic carbocycles. The summed E-state index contributed by atoms with van der Waals surface area (Å²) in [6.45, 7) is 5.31. The Labute approximate surface area is 106 Å². The lowest BCUT2D eigenvalue weighted by Gasteiger charge is -2.11. The van der Waals surface area contributed by atoms with Gasteiger partial charge in [0.1, 0.15) is 0 Å². The highest BCUT2D eigenvalue weighted by Crippen LogP contribution is 2.17. The van der Waals surface area contributed by atoms with Crippen molar-refractivity contribution >= 4 is 23.5 Å². The van der Waals surface area contributed by atoms with E-state index < -0.39 is 5.91 Å². The van der Waals surface area contributed by atoms with Crippen molar-refractivity contribution in [3.05, 3.63) is 47.7 Å². The monoisotopic (exact) mass is 244 g/mol. The Morgan fingerprint density at radius 3 is 2.39 bits per heavy atom. The van der Waals surface area contributed by atoms with Gasteiger partial charge in [0.05, 0.1) is 5.57 Å². The van der Waals surface area contributed by atoms with Crippen LogP contribution in [0.25, 0.3) is 0 Å². The van der Waals surface area contributed by atoms with E-state index in [1.807, 2.05) is 0 Å². The average molecular weight is 244 g/mol.